The SMILES string of the molecule is Cc1cc2oc(=O)cc(C[NH+]3CCN(CC=Cc4ccccc4)CC3)c2cc1[O-]. The van der Waals surface area contributed by atoms with Gasteiger partial charge in [-0.05, 0) is 18.6 Å². The van der Waals surface area contributed by atoms with Crippen molar-refractivity contribution in [1.29, 1.82) is 0 Å². The second-order valence-electron chi connectivity index (χ2n) is 7.74. The quantitative estimate of drug-likeness (QED) is 0.672. The van der Waals surface area contributed by atoms with Gasteiger partial charge >= 0.3 is 5.63 Å². The summed E-state index contributed by atoms with van der Waals surface area (Å²) < 4.78 is 5.31. The molecule has 0 aliphatic carbocycles. The lowest BCUT2D eigenvalue weighted by molar-refractivity contribution is -0.918. The molecule has 5 heteroatoms. The number of rotatable bonds is 5. The highest BCUT2D eigenvalue weighted by atomic mass is 16.4. The van der Waals surface area contributed by atoms with Crippen LogP contribution in [0.1, 0.15) is 16.7 Å². The normalized spacial score (nSPS) is 16.0. The fourth-order valence-corrected chi connectivity index (χ4v) is 3.90. The summed E-state index contributed by atoms with van der Waals surface area (Å²) in [5.74, 6) is -0.0161. The van der Waals surface area contributed by atoms with E-state index in [9.17, 15) is 9.90 Å². The van der Waals surface area contributed by atoms with Gasteiger partial charge in [-0.15, -0.1) is 5.75 Å². The lowest BCUT2D eigenvalue weighted by Gasteiger charge is -2.31. The summed E-state index contributed by atoms with van der Waals surface area (Å²) in [6.07, 6.45) is 4.38. The van der Waals surface area contributed by atoms with Gasteiger partial charge in [-0.3, -0.25) is 4.90 Å². The van der Waals surface area contributed by atoms with Gasteiger partial charge in [-0.2, -0.15) is 0 Å². The molecule has 1 saturated heterocycles. The molecule has 4 rings (SSSR count). The van der Waals surface area contributed by atoms with Gasteiger partial charge in [0.2, 0.25) is 0 Å². The minimum Gasteiger partial charge on any atom is -0.872 e. The number of nitrogens with one attached hydrogen (secondary N) is 1. The number of piperazine rings is 1. The van der Waals surface area contributed by atoms with Gasteiger partial charge in [0, 0.05) is 36.7 Å². The van der Waals surface area contributed by atoms with Crippen LogP contribution < -0.4 is 15.6 Å². The van der Waals surface area contributed by atoms with Crippen LogP contribution in [0, 0.1) is 6.92 Å². The van der Waals surface area contributed by atoms with Crippen molar-refractivity contribution < 1.29 is 14.4 Å². The molecule has 1 aromatic heterocycles. The number of hydrogen-bond donors (Lipinski definition) is 1. The molecule has 5 nitrogen and oxygen atoms in total. The molecule has 1 aliphatic rings. The van der Waals surface area contributed by atoms with E-state index in [-0.39, 0.29) is 11.4 Å². The zero-order chi connectivity index (χ0) is 20.2. The Bertz CT molecular complexity index is 1060. The average Bonchev–Trinajstić information content (AvgIpc) is 2.71. The van der Waals surface area contributed by atoms with E-state index in [1.807, 2.05) is 18.2 Å². The Hall–Kier alpha value is -2.89. The van der Waals surface area contributed by atoms with Crippen molar-refractivity contribution >= 4 is 17.0 Å². The monoisotopic (exact) mass is 390 g/mol. The van der Waals surface area contributed by atoms with Crippen molar-refractivity contribution in [3.8, 4) is 5.75 Å². The number of nitrogens with zero attached hydrogens (tertiary/aromatic N) is 1. The standard InChI is InChI=1S/C24H26N2O3/c1-18-14-23-21(16-22(18)27)20(15-24(28)29-23)17-26-12-10-25(11-13-26)9-5-8-19-6-3-2-4-7-19/h2-8,14-16,27H,9-13,17H2,1H3. The third-order valence-electron chi connectivity index (χ3n) is 5.60. The summed E-state index contributed by atoms with van der Waals surface area (Å²) in [7, 11) is 0. The van der Waals surface area contributed by atoms with E-state index in [2.05, 4.69) is 29.2 Å². The summed E-state index contributed by atoms with van der Waals surface area (Å²) in [5, 5.41) is 12.8. The average molecular weight is 390 g/mol. The van der Waals surface area contributed by atoms with Crippen LogP contribution in [0.2, 0.25) is 0 Å². The molecule has 1 fully saturated rings. The van der Waals surface area contributed by atoms with Crippen LogP contribution in [0.3, 0.4) is 0 Å². The Balaban J connectivity index is 1.38. The number of benzene rings is 2. The van der Waals surface area contributed by atoms with E-state index in [1.54, 1.807) is 25.1 Å². The zero-order valence-electron chi connectivity index (χ0n) is 16.7. The first-order valence-corrected chi connectivity index (χ1v) is 10.1. The lowest BCUT2D eigenvalue weighted by atomic mass is 10.1. The topological polar surface area (TPSA) is 61.0 Å². The highest BCUT2D eigenvalue weighted by Crippen LogP contribution is 2.24. The number of hydrogen-bond acceptors (Lipinski definition) is 4. The first-order valence-electron chi connectivity index (χ1n) is 10.1. The predicted molar refractivity (Wildman–Crippen MR) is 113 cm³/mol. The molecular weight excluding hydrogens is 364 g/mol. The van der Waals surface area contributed by atoms with E-state index in [4.69, 9.17) is 4.42 Å². The Labute approximate surface area is 170 Å². The lowest BCUT2D eigenvalue weighted by Crippen LogP contribution is -3.13. The Morgan fingerprint density at radius 2 is 1.90 bits per heavy atom. The maximum atomic E-state index is 12.1. The van der Waals surface area contributed by atoms with Crippen LogP contribution >= 0.6 is 0 Å². The van der Waals surface area contributed by atoms with Crippen LogP contribution in [0.4, 0.5) is 0 Å². The van der Waals surface area contributed by atoms with E-state index in [1.165, 1.54) is 10.5 Å². The molecule has 2 heterocycles. The highest BCUT2D eigenvalue weighted by Gasteiger charge is 2.20. The van der Waals surface area contributed by atoms with Crippen molar-refractivity contribution in [2.75, 3.05) is 32.7 Å². The maximum Gasteiger partial charge on any atom is 0.336 e. The summed E-state index contributed by atoms with van der Waals surface area (Å²) in [6, 6.07) is 15.2. The van der Waals surface area contributed by atoms with E-state index in [0.29, 0.717) is 11.1 Å². The zero-order valence-corrected chi connectivity index (χ0v) is 16.7. The first-order chi connectivity index (χ1) is 14.1. The smallest absolute Gasteiger partial charge is 0.336 e. The van der Waals surface area contributed by atoms with Gasteiger partial charge in [0.1, 0.15) is 12.1 Å². The van der Waals surface area contributed by atoms with E-state index in [0.717, 1.165) is 50.2 Å². The number of quaternary nitrogens is 1. The van der Waals surface area contributed by atoms with Gasteiger partial charge in [0.05, 0.1) is 13.1 Å². The summed E-state index contributed by atoms with van der Waals surface area (Å²) in [6.45, 7) is 7.47. The summed E-state index contributed by atoms with van der Waals surface area (Å²) in [4.78, 5) is 15.8. The molecule has 2 aromatic carbocycles. The molecule has 0 unspecified atom stereocenters. The molecule has 1 aliphatic heterocycles. The predicted octanol–water partition coefficient (Wildman–Crippen LogP) is 1.59. The molecule has 150 valence electrons. The second-order valence-corrected chi connectivity index (χ2v) is 7.74. The van der Waals surface area contributed by atoms with Crippen molar-refractivity contribution in [3.63, 3.8) is 0 Å². The molecule has 0 bridgehead atoms. The second kappa shape index (κ2) is 8.64. The molecule has 0 spiro atoms. The van der Waals surface area contributed by atoms with Crippen LogP contribution in [-0.4, -0.2) is 37.6 Å². The van der Waals surface area contributed by atoms with Gasteiger partial charge in [-0.1, -0.05) is 54.1 Å². The van der Waals surface area contributed by atoms with Crippen molar-refractivity contribution in [2.24, 2.45) is 0 Å². The summed E-state index contributed by atoms with van der Waals surface area (Å²) in [5.41, 5.74) is 2.88. The summed E-state index contributed by atoms with van der Waals surface area (Å²) >= 11 is 0. The third kappa shape index (κ3) is 4.75. The van der Waals surface area contributed by atoms with Gasteiger partial charge < -0.3 is 14.4 Å². The molecule has 3 aromatic rings. The molecule has 0 amide bonds. The highest BCUT2D eigenvalue weighted by molar-refractivity contribution is 5.82. The number of fused-ring (bicyclic) bond motifs is 1. The Morgan fingerprint density at radius 3 is 2.66 bits per heavy atom. The minimum absolute atomic E-state index is 0.0161. The van der Waals surface area contributed by atoms with E-state index < -0.39 is 0 Å². The first kappa shape index (κ1) is 19.4. The van der Waals surface area contributed by atoms with Crippen LogP contribution in [0.5, 0.6) is 5.75 Å². The van der Waals surface area contributed by atoms with Crippen LogP contribution in [0.15, 0.2) is 63.8 Å². The minimum atomic E-state index is -0.352. The molecular formula is C24H26N2O3. The third-order valence-corrected chi connectivity index (χ3v) is 5.60. The van der Waals surface area contributed by atoms with Crippen molar-refractivity contribution in [1.82, 2.24) is 4.90 Å². The fourth-order valence-electron chi connectivity index (χ4n) is 3.90. The Morgan fingerprint density at radius 1 is 1.14 bits per heavy atom. The van der Waals surface area contributed by atoms with Gasteiger partial charge in [0.15, 0.2) is 0 Å². The van der Waals surface area contributed by atoms with Crippen molar-refractivity contribution in [2.45, 2.75) is 13.5 Å². The largest absolute Gasteiger partial charge is 0.872 e. The van der Waals surface area contributed by atoms with Gasteiger partial charge in [0.25, 0.3) is 0 Å². The molecule has 1 N–H and O–H groups in total. The Kier molecular flexibility index (Phi) is 5.79. The molecule has 0 saturated carbocycles. The maximum absolute atomic E-state index is 12.1. The van der Waals surface area contributed by atoms with Gasteiger partial charge in [-0.25, -0.2) is 4.79 Å². The van der Waals surface area contributed by atoms with E-state index >= 15 is 0 Å². The fraction of sp³-hybridized carbons (Fsp3) is 0.292. The molecule has 0 radical (unpaired) electrons. The molecule has 0 atom stereocenters. The van der Waals surface area contributed by atoms with Crippen LogP contribution in [-0.2, 0) is 6.54 Å². The molecule has 29 heavy (non-hydrogen) atoms. The number of aryl methyl sites for hydroxylation is 1. The van der Waals surface area contributed by atoms with Crippen molar-refractivity contribution in [3.05, 3.63) is 81.7 Å². The van der Waals surface area contributed by atoms with Crippen LogP contribution in [0.25, 0.3) is 17.0 Å².